The molecule has 1 amide bonds. The predicted octanol–water partition coefficient (Wildman–Crippen LogP) is 5.90. The topological polar surface area (TPSA) is 61.6 Å². The second-order valence-corrected chi connectivity index (χ2v) is 11.2. The van der Waals surface area contributed by atoms with Crippen molar-refractivity contribution in [3.63, 3.8) is 0 Å². The van der Waals surface area contributed by atoms with E-state index in [-0.39, 0.29) is 17.4 Å². The Labute approximate surface area is 217 Å². The number of alkyl halides is 3. The van der Waals surface area contributed by atoms with Gasteiger partial charge in [-0.25, -0.2) is 0 Å². The van der Waals surface area contributed by atoms with Crippen LogP contribution in [-0.4, -0.2) is 62.6 Å². The number of amides is 1. The molecular weight excluding hydrogens is 481 g/mol. The van der Waals surface area contributed by atoms with Gasteiger partial charge in [0.1, 0.15) is 0 Å². The summed E-state index contributed by atoms with van der Waals surface area (Å²) in [5.41, 5.74) is 1.88. The zero-order valence-electron chi connectivity index (χ0n) is 22.5. The highest BCUT2D eigenvalue weighted by atomic mass is 19.4. The van der Waals surface area contributed by atoms with Crippen molar-refractivity contribution < 1.29 is 23.2 Å². The van der Waals surface area contributed by atoms with Crippen LogP contribution in [0.15, 0.2) is 24.3 Å². The molecule has 0 bridgehead atoms. The lowest BCUT2D eigenvalue weighted by Gasteiger charge is -2.51. The third-order valence-corrected chi connectivity index (χ3v) is 8.97. The highest BCUT2D eigenvalue weighted by molar-refractivity contribution is 5.96. The van der Waals surface area contributed by atoms with Crippen LogP contribution in [0.1, 0.15) is 85.2 Å². The standard InChI is InChI=1S/C28H39F3N4O2/c1-6-23(21-7-9-22(10-8-21)28(29,30)31)24-11-14-34(17-18(24)2)27(5)12-15-33(16-13-27)26(36)25-19(3)32-35(37)20(25)4/h7-10,18,23-24,37H,6,11-17H2,1-5H3/t18?,23-,24?/m0/s1. The lowest BCUT2D eigenvalue weighted by atomic mass is 9.72. The van der Waals surface area contributed by atoms with Crippen LogP contribution in [0, 0.1) is 25.7 Å². The summed E-state index contributed by atoms with van der Waals surface area (Å²) in [7, 11) is 0. The van der Waals surface area contributed by atoms with Crippen LogP contribution in [0.3, 0.4) is 0 Å². The van der Waals surface area contributed by atoms with Gasteiger partial charge in [-0.1, -0.05) is 26.0 Å². The first-order valence-corrected chi connectivity index (χ1v) is 13.3. The van der Waals surface area contributed by atoms with Gasteiger partial charge in [0.05, 0.1) is 22.5 Å². The molecule has 1 N–H and O–H groups in total. The molecule has 37 heavy (non-hydrogen) atoms. The van der Waals surface area contributed by atoms with E-state index in [9.17, 15) is 23.2 Å². The smallest absolute Gasteiger partial charge is 0.411 e. The van der Waals surface area contributed by atoms with E-state index in [1.807, 2.05) is 4.90 Å². The Bertz CT molecular complexity index is 1100. The minimum atomic E-state index is -4.31. The maximum atomic E-state index is 13.1. The van der Waals surface area contributed by atoms with Crippen LogP contribution >= 0.6 is 0 Å². The highest BCUT2D eigenvalue weighted by Gasteiger charge is 2.42. The van der Waals surface area contributed by atoms with Crippen molar-refractivity contribution in [2.24, 2.45) is 11.8 Å². The lowest BCUT2D eigenvalue weighted by Crippen LogP contribution is -2.58. The zero-order valence-corrected chi connectivity index (χ0v) is 22.5. The van der Waals surface area contributed by atoms with E-state index >= 15 is 0 Å². The van der Waals surface area contributed by atoms with Gasteiger partial charge in [-0.3, -0.25) is 9.69 Å². The van der Waals surface area contributed by atoms with Gasteiger partial charge in [-0.15, -0.1) is 9.94 Å². The molecule has 3 heterocycles. The normalized spacial score (nSPS) is 23.7. The maximum Gasteiger partial charge on any atom is 0.416 e. The second kappa shape index (κ2) is 10.3. The molecule has 1 aromatic carbocycles. The molecule has 2 saturated heterocycles. The quantitative estimate of drug-likeness (QED) is 0.499. The summed E-state index contributed by atoms with van der Waals surface area (Å²) in [6.45, 7) is 13.3. The molecule has 2 fully saturated rings. The Morgan fingerprint density at radius 3 is 2.27 bits per heavy atom. The molecule has 204 valence electrons. The Kier molecular flexibility index (Phi) is 7.66. The summed E-state index contributed by atoms with van der Waals surface area (Å²) < 4.78 is 39.1. The molecule has 1 aromatic heterocycles. The fourth-order valence-corrected chi connectivity index (χ4v) is 6.56. The Balaban J connectivity index is 1.38. The molecule has 2 aromatic rings. The predicted molar refractivity (Wildman–Crippen MR) is 136 cm³/mol. The van der Waals surface area contributed by atoms with E-state index in [1.54, 1.807) is 26.0 Å². The molecule has 0 saturated carbocycles. The van der Waals surface area contributed by atoms with Gasteiger partial charge < -0.3 is 10.1 Å². The average Bonchev–Trinajstić information content (AvgIpc) is 3.11. The Morgan fingerprint density at radius 2 is 1.78 bits per heavy atom. The molecule has 0 radical (unpaired) electrons. The van der Waals surface area contributed by atoms with Crippen LogP contribution in [0.5, 0.6) is 0 Å². The average molecular weight is 521 g/mol. The minimum Gasteiger partial charge on any atom is -0.411 e. The van der Waals surface area contributed by atoms with Gasteiger partial charge in [0.2, 0.25) is 0 Å². The molecule has 0 spiro atoms. The summed E-state index contributed by atoms with van der Waals surface area (Å²) in [4.78, 5) is 18.4. The largest absolute Gasteiger partial charge is 0.416 e. The number of benzene rings is 1. The van der Waals surface area contributed by atoms with Crippen molar-refractivity contribution in [1.82, 2.24) is 19.7 Å². The highest BCUT2D eigenvalue weighted by Crippen LogP contribution is 2.42. The van der Waals surface area contributed by atoms with Crippen molar-refractivity contribution in [3.8, 4) is 0 Å². The van der Waals surface area contributed by atoms with Crippen molar-refractivity contribution in [2.75, 3.05) is 26.2 Å². The van der Waals surface area contributed by atoms with E-state index in [4.69, 9.17) is 0 Å². The van der Waals surface area contributed by atoms with E-state index in [0.717, 1.165) is 49.2 Å². The van der Waals surface area contributed by atoms with Crippen molar-refractivity contribution in [3.05, 3.63) is 52.3 Å². The number of carbonyl (C=O) groups is 1. The van der Waals surface area contributed by atoms with Crippen molar-refractivity contribution >= 4 is 5.91 Å². The van der Waals surface area contributed by atoms with Crippen LogP contribution in [-0.2, 0) is 6.18 Å². The van der Waals surface area contributed by atoms with Crippen molar-refractivity contribution in [1.29, 1.82) is 0 Å². The van der Waals surface area contributed by atoms with Gasteiger partial charge in [0, 0.05) is 25.2 Å². The van der Waals surface area contributed by atoms with Crippen LogP contribution in [0.25, 0.3) is 0 Å². The number of hydrogen-bond acceptors (Lipinski definition) is 4. The third-order valence-electron chi connectivity index (χ3n) is 8.97. The summed E-state index contributed by atoms with van der Waals surface area (Å²) >= 11 is 0. The van der Waals surface area contributed by atoms with Crippen molar-refractivity contribution in [2.45, 2.75) is 77.9 Å². The molecule has 2 aliphatic rings. The number of likely N-dealkylation sites (tertiary alicyclic amines) is 2. The molecule has 2 aliphatic heterocycles. The first kappa shape index (κ1) is 27.5. The van der Waals surface area contributed by atoms with Crippen LogP contribution < -0.4 is 0 Å². The molecule has 2 unspecified atom stereocenters. The summed E-state index contributed by atoms with van der Waals surface area (Å²) in [6.07, 6.45) is -0.660. The van der Waals surface area contributed by atoms with E-state index in [2.05, 4.69) is 30.8 Å². The molecule has 4 rings (SSSR count). The number of rotatable bonds is 5. The Hall–Kier alpha value is -2.55. The number of nitrogens with zero attached hydrogens (tertiary/aromatic N) is 4. The van der Waals surface area contributed by atoms with Gasteiger partial charge >= 0.3 is 6.18 Å². The fraction of sp³-hybridized carbons (Fsp3) is 0.643. The number of carbonyl (C=O) groups excluding carboxylic acids is 1. The SMILES string of the molecule is CC[C@@H](c1ccc(C(F)(F)F)cc1)C1CCN(C2(C)CCN(C(=O)c3c(C)nn(O)c3C)CC2)CC1C. The van der Waals surface area contributed by atoms with Gasteiger partial charge in [0.15, 0.2) is 0 Å². The summed E-state index contributed by atoms with van der Waals surface area (Å²) in [6, 6.07) is 5.74. The zero-order chi connectivity index (χ0) is 27.1. The number of hydrogen-bond donors (Lipinski definition) is 1. The van der Waals surface area contributed by atoms with Gasteiger partial charge in [-0.05, 0) is 88.4 Å². The minimum absolute atomic E-state index is 0.00265. The first-order valence-electron chi connectivity index (χ1n) is 13.3. The van der Waals surface area contributed by atoms with Crippen LogP contribution in [0.2, 0.25) is 0 Å². The molecular formula is C28H39F3N4O2. The molecule has 6 nitrogen and oxygen atoms in total. The van der Waals surface area contributed by atoms with E-state index < -0.39 is 11.7 Å². The maximum absolute atomic E-state index is 13.1. The van der Waals surface area contributed by atoms with Gasteiger partial charge in [0.25, 0.3) is 5.91 Å². The third kappa shape index (κ3) is 5.38. The Morgan fingerprint density at radius 1 is 1.16 bits per heavy atom. The van der Waals surface area contributed by atoms with Gasteiger partial charge in [-0.2, -0.15) is 13.2 Å². The summed E-state index contributed by atoms with van der Waals surface area (Å²) in [5, 5.41) is 13.8. The van der Waals surface area contributed by atoms with E-state index in [1.165, 1.54) is 12.1 Å². The van der Waals surface area contributed by atoms with E-state index in [0.29, 0.717) is 41.9 Å². The first-order chi connectivity index (χ1) is 17.4. The number of aromatic nitrogens is 2. The number of halogens is 3. The second-order valence-electron chi connectivity index (χ2n) is 11.2. The number of aryl methyl sites for hydroxylation is 1. The fourth-order valence-electron chi connectivity index (χ4n) is 6.56. The lowest BCUT2D eigenvalue weighted by molar-refractivity contribution is -0.137. The van der Waals surface area contributed by atoms with Crippen LogP contribution in [0.4, 0.5) is 13.2 Å². The monoisotopic (exact) mass is 520 g/mol. The molecule has 0 aliphatic carbocycles. The molecule has 9 heteroatoms. The summed E-state index contributed by atoms with van der Waals surface area (Å²) in [5.74, 6) is 1.000. The number of piperidine rings is 2. The molecule has 3 atom stereocenters.